The number of ether oxygens (including phenoxy) is 2. The van der Waals surface area contributed by atoms with Crippen LogP contribution in [0.5, 0.6) is 0 Å². The maximum absolute atomic E-state index is 11.9. The molecule has 0 aromatic carbocycles. The van der Waals surface area contributed by atoms with E-state index in [4.69, 9.17) is 9.47 Å². The second-order valence-corrected chi connectivity index (χ2v) is 4.29. The molecule has 1 amide bonds. The van der Waals surface area contributed by atoms with Gasteiger partial charge in [0.1, 0.15) is 0 Å². The Kier molecular flexibility index (Phi) is 9.94. The lowest BCUT2D eigenvalue weighted by atomic mass is 10.1. The van der Waals surface area contributed by atoms with Gasteiger partial charge in [0.15, 0.2) is 0 Å². The average Bonchev–Trinajstić information content (AvgIpc) is 2.37. The molecule has 0 saturated carbocycles. The Labute approximate surface area is 116 Å². The van der Waals surface area contributed by atoms with Gasteiger partial charge in [-0.15, -0.1) is 0 Å². The summed E-state index contributed by atoms with van der Waals surface area (Å²) in [5.74, 6) is -0.258. The number of esters is 1. The zero-order valence-electron chi connectivity index (χ0n) is 12.6. The molecule has 0 N–H and O–H groups in total. The third kappa shape index (κ3) is 7.03. The standard InChI is InChI=1S/C14H27NO4/c1-5-9-10-12(11-13(16)18-7-3)15(6-2)14(17)19-8-4/h12H,5-11H2,1-4H3. The highest BCUT2D eigenvalue weighted by atomic mass is 16.6. The Hall–Kier alpha value is -1.26. The molecule has 1 unspecified atom stereocenters. The second kappa shape index (κ2) is 10.6. The number of amides is 1. The van der Waals surface area contributed by atoms with Crippen molar-refractivity contribution in [1.29, 1.82) is 0 Å². The van der Waals surface area contributed by atoms with E-state index in [1.165, 1.54) is 0 Å². The van der Waals surface area contributed by atoms with Crippen molar-refractivity contribution in [3.8, 4) is 0 Å². The minimum Gasteiger partial charge on any atom is -0.466 e. The molecule has 0 saturated heterocycles. The van der Waals surface area contributed by atoms with Crippen LogP contribution >= 0.6 is 0 Å². The molecule has 0 aromatic rings. The van der Waals surface area contributed by atoms with Gasteiger partial charge in [-0.25, -0.2) is 4.79 Å². The molecular weight excluding hydrogens is 246 g/mol. The van der Waals surface area contributed by atoms with Gasteiger partial charge in [0.05, 0.1) is 19.6 Å². The Bertz CT molecular complexity index is 268. The number of carbonyl (C=O) groups is 2. The SMILES string of the molecule is CCCCC(CC(=O)OCC)N(CC)C(=O)OCC. The summed E-state index contributed by atoms with van der Waals surface area (Å²) in [5.41, 5.74) is 0. The highest BCUT2D eigenvalue weighted by Crippen LogP contribution is 2.15. The summed E-state index contributed by atoms with van der Waals surface area (Å²) < 4.78 is 10.0. The molecule has 5 heteroatoms. The van der Waals surface area contributed by atoms with Crippen LogP contribution in [-0.2, 0) is 14.3 Å². The fraction of sp³-hybridized carbons (Fsp3) is 0.857. The predicted molar refractivity (Wildman–Crippen MR) is 74.0 cm³/mol. The molecule has 0 heterocycles. The van der Waals surface area contributed by atoms with Crippen LogP contribution in [0.25, 0.3) is 0 Å². The minimum absolute atomic E-state index is 0.136. The molecule has 19 heavy (non-hydrogen) atoms. The molecule has 1 atom stereocenters. The van der Waals surface area contributed by atoms with E-state index in [1.807, 2.05) is 6.92 Å². The van der Waals surface area contributed by atoms with Crippen molar-refractivity contribution in [3.05, 3.63) is 0 Å². The van der Waals surface area contributed by atoms with E-state index in [0.717, 1.165) is 19.3 Å². The fourth-order valence-electron chi connectivity index (χ4n) is 1.96. The smallest absolute Gasteiger partial charge is 0.409 e. The van der Waals surface area contributed by atoms with Crippen molar-refractivity contribution >= 4 is 12.1 Å². The third-order valence-electron chi connectivity index (χ3n) is 2.88. The third-order valence-corrected chi connectivity index (χ3v) is 2.88. The number of rotatable bonds is 9. The minimum atomic E-state index is -0.351. The van der Waals surface area contributed by atoms with Crippen LogP contribution in [0.2, 0.25) is 0 Å². The van der Waals surface area contributed by atoms with Crippen molar-refractivity contribution in [2.24, 2.45) is 0 Å². The number of carbonyl (C=O) groups excluding carboxylic acids is 2. The van der Waals surface area contributed by atoms with Crippen molar-refractivity contribution < 1.29 is 19.1 Å². The lowest BCUT2D eigenvalue weighted by molar-refractivity contribution is -0.144. The fourth-order valence-corrected chi connectivity index (χ4v) is 1.96. The van der Waals surface area contributed by atoms with Crippen molar-refractivity contribution in [2.45, 2.75) is 59.4 Å². The summed E-state index contributed by atoms with van der Waals surface area (Å²) in [4.78, 5) is 25.1. The Morgan fingerprint density at radius 3 is 2.16 bits per heavy atom. The highest BCUT2D eigenvalue weighted by molar-refractivity contribution is 5.72. The maximum atomic E-state index is 11.9. The Morgan fingerprint density at radius 2 is 1.68 bits per heavy atom. The molecular formula is C14H27NO4. The van der Waals surface area contributed by atoms with Gasteiger partial charge < -0.3 is 14.4 Å². The Balaban J connectivity index is 4.66. The van der Waals surface area contributed by atoms with Gasteiger partial charge in [0, 0.05) is 12.6 Å². The summed E-state index contributed by atoms with van der Waals surface area (Å²) in [7, 11) is 0. The molecule has 0 aliphatic heterocycles. The topological polar surface area (TPSA) is 55.8 Å². The first-order valence-electron chi connectivity index (χ1n) is 7.19. The lowest BCUT2D eigenvalue weighted by Gasteiger charge is -2.29. The van der Waals surface area contributed by atoms with Crippen LogP contribution in [0.4, 0.5) is 4.79 Å². The van der Waals surface area contributed by atoms with Crippen molar-refractivity contribution in [3.63, 3.8) is 0 Å². The van der Waals surface area contributed by atoms with E-state index < -0.39 is 0 Å². The van der Waals surface area contributed by atoms with Crippen molar-refractivity contribution in [1.82, 2.24) is 4.90 Å². The average molecular weight is 273 g/mol. The molecule has 0 aliphatic carbocycles. The molecule has 0 aliphatic rings. The zero-order chi connectivity index (χ0) is 14.7. The van der Waals surface area contributed by atoms with Crippen LogP contribution in [-0.4, -0.2) is 42.8 Å². The largest absolute Gasteiger partial charge is 0.466 e. The first-order chi connectivity index (χ1) is 9.10. The monoisotopic (exact) mass is 273 g/mol. The Morgan fingerprint density at radius 1 is 1.05 bits per heavy atom. The molecule has 0 fully saturated rings. The molecule has 0 bridgehead atoms. The molecule has 0 radical (unpaired) electrons. The highest BCUT2D eigenvalue weighted by Gasteiger charge is 2.25. The normalized spacial score (nSPS) is 11.8. The predicted octanol–water partition coefficient (Wildman–Crippen LogP) is 2.98. The first-order valence-corrected chi connectivity index (χ1v) is 7.19. The van der Waals surface area contributed by atoms with Gasteiger partial charge >= 0.3 is 12.1 Å². The zero-order valence-corrected chi connectivity index (χ0v) is 12.6. The van der Waals surface area contributed by atoms with E-state index in [9.17, 15) is 9.59 Å². The van der Waals surface area contributed by atoms with Gasteiger partial charge in [-0.1, -0.05) is 19.8 Å². The van der Waals surface area contributed by atoms with Gasteiger partial charge in [0.25, 0.3) is 0 Å². The van der Waals surface area contributed by atoms with E-state index in [2.05, 4.69) is 6.92 Å². The molecule has 0 spiro atoms. The quantitative estimate of drug-likeness (QED) is 0.606. The van der Waals surface area contributed by atoms with E-state index >= 15 is 0 Å². The maximum Gasteiger partial charge on any atom is 0.409 e. The molecule has 0 rings (SSSR count). The lowest BCUT2D eigenvalue weighted by Crippen LogP contribution is -2.42. The van der Waals surface area contributed by atoms with Crippen LogP contribution in [0.15, 0.2) is 0 Å². The first kappa shape index (κ1) is 17.7. The van der Waals surface area contributed by atoms with Crippen LogP contribution in [0, 0.1) is 0 Å². The molecule has 0 aromatic heterocycles. The summed E-state index contributed by atoms with van der Waals surface area (Å²) in [5, 5.41) is 0. The van der Waals surface area contributed by atoms with Gasteiger partial charge in [-0.05, 0) is 27.2 Å². The number of nitrogens with zero attached hydrogens (tertiary/aromatic N) is 1. The van der Waals surface area contributed by atoms with Gasteiger partial charge in [-0.3, -0.25) is 4.79 Å². The number of unbranched alkanes of at least 4 members (excludes halogenated alkanes) is 1. The van der Waals surface area contributed by atoms with E-state index in [0.29, 0.717) is 19.8 Å². The van der Waals surface area contributed by atoms with E-state index in [-0.39, 0.29) is 24.5 Å². The molecule has 5 nitrogen and oxygen atoms in total. The summed E-state index contributed by atoms with van der Waals surface area (Å²) in [6.07, 6.45) is 2.68. The summed E-state index contributed by atoms with van der Waals surface area (Å²) >= 11 is 0. The van der Waals surface area contributed by atoms with Crippen LogP contribution in [0.3, 0.4) is 0 Å². The number of hydrogen-bond acceptors (Lipinski definition) is 4. The van der Waals surface area contributed by atoms with Crippen molar-refractivity contribution in [2.75, 3.05) is 19.8 Å². The van der Waals surface area contributed by atoms with Crippen LogP contribution < -0.4 is 0 Å². The van der Waals surface area contributed by atoms with Gasteiger partial charge in [-0.2, -0.15) is 0 Å². The number of hydrogen-bond donors (Lipinski definition) is 0. The van der Waals surface area contributed by atoms with Crippen LogP contribution in [0.1, 0.15) is 53.4 Å². The molecule has 112 valence electrons. The van der Waals surface area contributed by atoms with E-state index in [1.54, 1.807) is 18.7 Å². The second-order valence-electron chi connectivity index (χ2n) is 4.29. The summed E-state index contributed by atoms with van der Waals surface area (Å²) in [6, 6.07) is -0.136. The summed E-state index contributed by atoms with van der Waals surface area (Å²) in [6.45, 7) is 8.77. The van der Waals surface area contributed by atoms with Gasteiger partial charge in [0.2, 0.25) is 0 Å².